The zero-order valence-corrected chi connectivity index (χ0v) is 22.3. The second kappa shape index (κ2) is 11.8. The van der Waals surface area contributed by atoms with Crippen LogP contribution in [-0.4, -0.2) is 62.7 Å². The van der Waals surface area contributed by atoms with E-state index in [0.29, 0.717) is 5.92 Å². The van der Waals surface area contributed by atoms with Crippen molar-refractivity contribution in [2.75, 3.05) is 32.7 Å². The number of nitrogens with zero attached hydrogens (tertiary/aromatic N) is 6. The summed E-state index contributed by atoms with van der Waals surface area (Å²) in [6, 6.07) is 17.0. The van der Waals surface area contributed by atoms with Crippen LogP contribution >= 0.6 is 0 Å². The number of para-hydroxylation sites is 1. The topological polar surface area (TPSA) is 50.1 Å². The van der Waals surface area contributed by atoms with E-state index in [9.17, 15) is 0 Å². The quantitative estimate of drug-likeness (QED) is 0.410. The maximum Gasteiger partial charge on any atom is 0.174 e. The Morgan fingerprint density at radius 3 is 2.41 bits per heavy atom. The first-order valence-electron chi connectivity index (χ1n) is 13.5. The number of allylic oxidation sites excluding steroid dienone is 3. The number of aryl methyl sites for hydroxylation is 2. The molecule has 1 aliphatic carbocycles. The average molecular weight is 495 g/mol. The van der Waals surface area contributed by atoms with Gasteiger partial charge >= 0.3 is 0 Å². The zero-order valence-electron chi connectivity index (χ0n) is 22.3. The summed E-state index contributed by atoms with van der Waals surface area (Å²) in [6.07, 6.45) is 13.7. The summed E-state index contributed by atoms with van der Waals surface area (Å²) in [6.45, 7) is 11.5. The first-order valence-corrected chi connectivity index (χ1v) is 13.5. The summed E-state index contributed by atoms with van der Waals surface area (Å²) in [5.41, 5.74) is 6.15. The third-order valence-electron chi connectivity index (χ3n) is 7.71. The molecule has 5 rings (SSSR count). The number of hydrogen-bond acceptors (Lipinski definition) is 5. The van der Waals surface area contributed by atoms with Crippen LogP contribution in [0.4, 0.5) is 0 Å². The Morgan fingerprint density at radius 2 is 1.73 bits per heavy atom. The molecule has 3 aromatic rings. The van der Waals surface area contributed by atoms with Gasteiger partial charge in [-0.1, -0.05) is 91.4 Å². The lowest BCUT2D eigenvalue weighted by molar-refractivity contribution is 0.0785. The van der Waals surface area contributed by atoms with Crippen LogP contribution in [0.3, 0.4) is 0 Å². The van der Waals surface area contributed by atoms with Crippen LogP contribution in [0.5, 0.6) is 0 Å². The molecule has 1 fully saturated rings. The second-order valence-electron chi connectivity index (χ2n) is 10.2. The number of tetrazole rings is 1. The van der Waals surface area contributed by atoms with Gasteiger partial charge in [0, 0.05) is 38.6 Å². The molecule has 1 aromatic heterocycles. The van der Waals surface area contributed by atoms with E-state index in [1.807, 2.05) is 4.68 Å². The summed E-state index contributed by atoms with van der Waals surface area (Å²) in [4.78, 5) is 5.14. The van der Waals surface area contributed by atoms with Crippen molar-refractivity contribution in [2.45, 2.75) is 39.7 Å². The molecule has 0 N–H and O–H groups in total. The summed E-state index contributed by atoms with van der Waals surface area (Å²) in [5.74, 6) is 1.28. The van der Waals surface area contributed by atoms with Crippen LogP contribution < -0.4 is 0 Å². The molecule has 0 spiro atoms. The van der Waals surface area contributed by atoms with E-state index in [4.69, 9.17) is 0 Å². The second-order valence-corrected chi connectivity index (χ2v) is 10.2. The maximum atomic E-state index is 4.65. The summed E-state index contributed by atoms with van der Waals surface area (Å²) >= 11 is 0. The van der Waals surface area contributed by atoms with Gasteiger partial charge < -0.3 is 0 Å². The van der Waals surface area contributed by atoms with Crippen molar-refractivity contribution in [1.29, 1.82) is 0 Å². The Hall–Kier alpha value is -3.35. The number of rotatable bonds is 8. The lowest BCUT2D eigenvalue weighted by Gasteiger charge is -2.41. The highest BCUT2D eigenvalue weighted by Crippen LogP contribution is 2.36. The van der Waals surface area contributed by atoms with Gasteiger partial charge in [0.15, 0.2) is 5.82 Å². The van der Waals surface area contributed by atoms with Crippen LogP contribution in [0, 0.1) is 19.8 Å². The number of piperazine rings is 1. The van der Waals surface area contributed by atoms with Gasteiger partial charge in [-0.2, -0.15) is 4.68 Å². The summed E-state index contributed by atoms with van der Waals surface area (Å²) in [5, 5.41) is 13.3. The highest BCUT2D eigenvalue weighted by atomic mass is 15.6. The Bertz CT molecular complexity index is 1240. The fourth-order valence-electron chi connectivity index (χ4n) is 5.61. The fourth-order valence-corrected chi connectivity index (χ4v) is 5.61. The van der Waals surface area contributed by atoms with E-state index >= 15 is 0 Å². The van der Waals surface area contributed by atoms with Crippen LogP contribution in [0.2, 0.25) is 0 Å². The average Bonchev–Trinajstić information content (AvgIpc) is 3.39. The number of aromatic nitrogens is 4. The molecule has 2 heterocycles. The Labute approximate surface area is 221 Å². The molecule has 2 atom stereocenters. The van der Waals surface area contributed by atoms with Gasteiger partial charge in [0.25, 0.3) is 0 Å². The van der Waals surface area contributed by atoms with Gasteiger partial charge in [-0.3, -0.25) is 9.80 Å². The molecule has 1 saturated heterocycles. The molecule has 37 heavy (non-hydrogen) atoms. The Balaban J connectivity index is 1.36. The molecule has 2 aromatic carbocycles. The zero-order chi connectivity index (χ0) is 25.6. The van der Waals surface area contributed by atoms with Crippen molar-refractivity contribution in [1.82, 2.24) is 30.0 Å². The SMILES string of the molecule is CCC1=CCC([C@@H](c2nnnn2-c2c(C)cccc2C)N2CCN(C/C=C/c3ccccc3)CC2)C=C1. The molecule has 1 unspecified atom stereocenters. The normalized spacial score (nSPS) is 19.9. The summed E-state index contributed by atoms with van der Waals surface area (Å²) in [7, 11) is 0. The van der Waals surface area contributed by atoms with Crippen LogP contribution in [-0.2, 0) is 0 Å². The minimum atomic E-state index is 0.127. The van der Waals surface area contributed by atoms with Crippen LogP contribution in [0.15, 0.2) is 78.4 Å². The predicted molar refractivity (Wildman–Crippen MR) is 150 cm³/mol. The molecule has 0 amide bonds. The van der Waals surface area contributed by atoms with Crippen molar-refractivity contribution < 1.29 is 0 Å². The monoisotopic (exact) mass is 494 g/mol. The minimum absolute atomic E-state index is 0.127. The van der Waals surface area contributed by atoms with Gasteiger partial charge in [-0.15, -0.1) is 5.10 Å². The molecule has 2 aliphatic rings. The first-order chi connectivity index (χ1) is 18.1. The van der Waals surface area contributed by atoms with Gasteiger partial charge in [-0.05, 0) is 53.8 Å². The van der Waals surface area contributed by atoms with Crippen molar-refractivity contribution in [3.05, 3.63) is 101 Å². The number of hydrogen-bond donors (Lipinski definition) is 0. The smallest absolute Gasteiger partial charge is 0.174 e. The van der Waals surface area contributed by atoms with E-state index in [1.54, 1.807) is 0 Å². The predicted octanol–water partition coefficient (Wildman–Crippen LogP) is 5.56. The first kappa shape index (κ1) is 25.3. The molecule has 0 saturated carbocycles. The highest BCUT2D eigenvalue weighted by molar-refractivity contribution is 5.49. The standard InChI is InChI=1S/C31H38N6/c1-4-26-15-17-28(18-16-26)30(31-32-33-34-37(31)29-24(2)10-8-11-25(29)3)36-22-20-35(21-23-36)19-9-14-27-12-6-5-7-13-27/h5-17,28,30H,4,18-23H2,1-3H3/b14-9+/t28?,30-/m0/s1. The molecule has 6 nitrogen and oxygen atoms in total. The van der Waals surface area contributed by atoms with Crippen molar-refractivity contribution >= 4 is 6.08 Å². The number of benzene rings is 2. The van der Waals surface area contributed by atoms with Gasteiger partial charge in [0.1, 0.15) is 0 Å². The van der Waals surface area contributed by atoms with Gasteiger partial charge in [0.05, 0.1) is 11.7 Å². The van der Waals surface area contributed by atoms with Crippen molar-refractivity contribution in [2.24, 2.45) is 5.92 Å². The third-order valence-corrected chi connectivity index (χ3v) is 7.71. The maximum absolute atomic E-state index is 4.65. The molecule has 0 radical (unpaired) electrons. The van der Waals surface area contributed by atoms with Gasteiger partial charge in [-0.25, -0.2) is 0 Å². The molecular weight excluding hydrogens is 456 g/mol. The molecule has 0 bridgehead atoms. The Kier molecular flexibility index (Phi) is 8.07. The van der Waals surface area contributed by atoms with Crippen molar-refractivity contribution in [3.63, 3.8) is 0 Å². The van der Waals surface area contributed by atoms with Crippen LogP contribution in [0.1, 0.15) is 48.3 Å². The largest absolute Gasteiger partial charge is 0.297 e. The van der Waals surface area contributed by atoms with E-state index in [1.165, 1.54) is 22.3 Å². The summed E-state index contributed by atoms with van der Waals surface area (Å²) < 4.78 is 2.00. The minimum Gasteiger partial charge on any atom is -0.297 e. The van der Waals surface area contributed by atoms with E-state index in [2.05, 4.69) is 125 Å². The van der Waals surface area contributed by atoms with E-state index in [0.717, 1.165) is 57.1 Å². The van der Waals surface area contributed by atoms with Crippen LogP contribution in [0.25, 0.3) is 11.8 Å². The molecule has 1 aliphatic heterocycles. The molecule has 192 valence electrons. The lowest BCUT2D eigenvalue weighted by Crippen LogP contribution is -2.49. The van der Waals surface area contributed by atoms with E-state index < -0.39 is 0 Å². The van der Waals surface area contributed by atoms with Gasteiger partial charge in [0.2, 0.25) is 0 Å². The highest BCUT2D eigenvalue weighted by Gasteiger charge is 2.35. The Morgan fingerprint density at radius 1 is 0.973 bits per heavy atom. The van der Waals surface area contributed by atoms with E-state index in [-0.39, 0.29) is 6.04 Å². The fraction of sp³-hybridized carbons (Fsp3) is 0.387. The third kappa shape index (κ3) is 5.81. The van der Waals surface area contributed by atoms with Crippen molar-refractivity contribution in [3.8, 4) is 5.69 Å². The lowest BCUT2D eigenvalue weighted by atomic mass is 9.87. The molecular formula is C31H38N6. The molecule has 6 heteroatoms.